The number of carbonyl (C=O) groups is 1. The third-order valence-corrected chi connectivity index (χ3v) is 13.6. The summed E-state index contributed by atoms with van der Waals surface area (Å²) in [7, 11) is 0. The first-order valence-electron chi connectivity index (χ1n) is 16.5. The molecule has 7 nitrogen and oxygen atoms in total. The number of aliphatic hydroxyl groups excluding tert-OH is 1. The highest BCUT2D eigenvalue weighted by molar-refractivity contribution is 5.97. The van der Waals surface area contributed by atoms with Gasteiger partial charge < -0.3 is 29.4 Å². The molecule has 1 aromatic carbocycles. The van der Waals surface area contributed by atoms with Crippen LogP contribution in [0.1, 0.15) is 110 Å². The summed E-state index contributed by atoms with van der Waals surface area (Å²) in [4.78, 5) is 17.2. The maximum absolute atomic E-state index is 13.3. The van der Waals surface area contributed by atoms with Gasteiger partial charge in [-0.25, -0.2) is 0 Å². The van der Waals surface area contributed by atoms with Crippen molar-refractivity contribution >= 4 is 22.3 Å². The fraction of sp³-hybridized carbons (Fsp3) is 0.649. The molecule has 0 amide bonds. The van der Waals surface area contributed by atoms with E-state index in [4.69, 9.17) is 14.2 Å². The van der Waals surface area contributed by atoms with E-state index in [-0.39, 0.29) is 17.1 Å². The minimum Gasteiger partial charge on any atom is -0.388 e. The largest absolute Gasteiger partial charge is 0.388 e. The number of rotatable bonds is 0. The van der Waals surface area contributed by atoms with E-state index in [0.717, 1.165) is 35.1 Å². The molecule has 7 aliphatic rings. The Morgan fingerprint density at radius 2 is 1.70 bits per heavy atom. The first-order chi connectivity index (χ1) is 20.4. The van der Waals surface area contributed by atoms with Gasteiger partial charge in [-0.05, 0) is 120 Å². The SMILES string of the molecule is CC1(C)C=C2c3cc4[nH]c5c(c4cc3[C@@H](O)[C@@H]2C(C)(C)O1)C[C@@H]1CC[C@@]2(O)C3=CC(=O)C4O[C@@]3(CC[C@]2(C)[C@@]51C)OC4(C)C. The zero-order valence-corrected chi connectivity index (χ0v) is 27.2. The Labute approximate surface area is 259 Å². The molecule has 3 fully saturated rings. The lowest BCUT2D eigenvalue weighted by Crippen LogP contribution is -2.69. The van der Waals surface area contributed by atoms with E-state index in [1.165, 1.54) is 16.6 Å². The first kappa shape index (κ1) is 28.0. The van der Waals surface area contributed by atoms with Crippen LogP contribution < -0.4 is 0 Å². The molecule has 8 atom stereocenters. The molecule has 1 unspecified atom stereocenters. The van der Waals surface area contributed by atoms with Crippen LogP contribution in [0.5, 0.6) is 0 Å². The van der Waals surface area contributed by atoms with Gasteiger partial charge in [-0.2, -0.15) is 0 Å². The van der Waals surface area contributed by atoms with Crippen LogP contribution in [0.4, 0.5) is 0 Å². The molecule has 0 radical (unpaired) electrons. The minimum atomic E-state index is -1.24. The predicted octanol–water partition coefficient (Wildman–Crippen LogP) is 5.96. The van der Waals surface area contributed by atoms with Gasteiger partial charge in [0.15, 0.2) is 17.7 Å². The van der Waals surface area contributed by atoms with Crippen LogP contribution in [0.25, 0.3) is 16.5 Å². The van der Waals surface area contributed by atoms with Crippen LogP contribution in [0.3, 0.4) is 0 Å². The zero-order chi connectivity index (χ0) is 31.2. The summed E-state index contributed by atoms with van der Waals surface area (Å²) in [5, 5.41) is 25.8. The monoisotopic (exact) mass is 599 g/mol. The average Bonchev–Trinajstić information content (AvgIpc) is 3.57. The number of hydrogen-bond donors (Lipinski definition) is 3. The Morgan fingerprint density at radius 1 is 0.955 bits per heavy atom. The second kappa shape index (κ2) is 7.63. The van der Waals surface area contributed by atoms with Gasteiger partial charge in [-0.15, -0.1) is 0 Å². The van der Waals surface area contributed by atoms with Crippen molar-refractivity contribution in [3.05, 3.63) is 52.2 Å². The molecular formula is C37H45NO6. The number of aromatic nitrogens is 1. The fourth-order valence-corrected chi connectivity index (χ4v) is 11.6. The Kier molecular flexibility index (Phi) is 4.85. The van der Waals surface area contributed by atoms with E-state index in [0.29, 0.717) is 30.8 Å². The second-order valence-corrected chi connectivity index (χ2v) is 17.0. The van der Waals surface area contributed by atoms with Crippen molar-refractivity contribution in [2.45, 2.75) is 133 Å². The van der Waals surface area contributed by atoms with Crippen molar-refractivity contribution in [3.63, 3.8) is 0 Å². The van der Waals surface area contributed by atoms with Gasteiger partial charge in [0, 0.05) is 45.3 Å². The number of benzene rings is 1. The molecule has 234 valence electrons. The highest BCUT2D eigenvalue weighted by Gasteiger charge is 2.75. The third kappa shape index (κ3) is 2.92. The van der Waals surface area contributed by atoms with Crippen molar-refractivity contribution in [2.75, 3.05) is 0 Å². The van der Waals surface area contributed by atoms with Gasteiger partial charge in [0.05, 0.1) is 22.9 Å². The van der Waals surface area contributed by atoms with Crippen LogP contribution >= 0.6 is 0 Å². The lowest BCUT2D eigenvalue weighted by Gasteiger charge is -2.65. The van der Waals surface area contributed by atoms with E-state index >= 15 is 0 Å². The number of ether oxygens (including phenoxy) is 3. The Morgan fingerprint density at radius 3 is 2.45 bits per heavy atom. The molecule has 4 heterocycles. The molecule has 2 bridgehead atoms. The summed E-state index contributed by atoms with van der Waals surface area (Å²) < 4.78 is 19.4. The molecule has 1 aromatic heterocycles. The zero-order valence-electron chi connectivity index (χ0n) is 27.2. The molecule has 44 heavy (non-hydrogen) atoms. The summed E-state index contributed by atoms with van der Waals surface area (Å²) in [6.07, 6.45) is 6.24. The number of fused-ring (bicyclic) bond motifs is 12. The number of hydrogen-bond acceptors (Lipinski definition) is 6. The van der Waals surface area contributed by atoms with Crippen LogP contribution in [0.15, 0.2) is 29.9 Å². The van der Waals surface area contributed by atoms with Gasteiger partial charge in [0.1, 0.15) is 5.60 Å². The van der Waals surface area contributed by atoms with E-state index in [1.54, 1.807) is 6.08 Å². The number of ketones is 1. The smallest absolute Gasteiger partial charge is 0.195 e. The highest BCUT2D eigenvalue weighted by Crippen LogP contribution is 2.72. The molecule has 3 N–H and O–H groups in total. The van der Waals surface area contributed by atoms with Crippen molar-refractivity contribution in [3.8, 4) is 0 Å². The quantitative estimate of drug-likeness (QED) is 0.346. The Hall–Kier alpha value is -2.29. The van der Waals surface area contributed by atoms with Gasteiger partial charge in [-0.3, -0.25) is 4.79 Å². The molecule has 1 spiro atoms. The van der Waals surface area contributed by atoms with Crippen molar-refractivity contribution in [2.24, 2.45) is 17.3 Å². The lowest BCUT2D eigenvalue weighted by atomic mass is 9.42. The van der Waals surface area contributed by atoms with Crippen LogP contribution in [-0.4, -0.2) is 55.3 Å². The third-order valence-electron chi connectivity index (χ3n) is 13.6. The molecule has 2 saturated carbocycles. The average molecular weight is 600 g/mol. The molecule has 9 rings (SSSR count). The number of nitrogens with one attached hydrogen (secondary N) is 1. The van der Waals surface area contributed by atoms with Crippen molar-refractivity contribution in [1.82, 2.24) is 4.98 Å². The fourth-order valence-electron chi connectivity index (χ4n) is 11.6. The van der Waals surface area contributed by atoms with Gasteiger partial charge >= 0.3 is 0 Å². The van der Waals surface area contributed by atoms with E-state index in [2.05, 4.69) is 64.7 Å². The number of carbonyl (C=O) groups excluding carboxylic acids is 1. The van der Waals surface area contributed by atoms with Crippen LogP contribution in [0.2, 0.25) is 0 Å². The molecule has 4 aliphatic carbocycles. The number of aromatic amines is 1. The summed E-state index contributed by atoms with van der Waals surface area (Å²) >= 11 is 0. The summed E-state index contributed by atoms with van der Waals surface area (Å²) in [6, 6.07) is 4.47. The van der Waals surface area contributed by atoms with Gasteiger partial charge in [0.2, 0.25) is 0 Å². The maximum Gasteiger partial charge on any atom is 0.195 e. The summed E-state index contributed by atoms with van der Waals surface area (Å²) in [6.45, 7) is 16.7. The summed E-state index contributed by atoms with van der Waals surface area (Å²) in [5.74, 6) is -0.933. The highest BCUT2D eigenvalue weighted by atomic mass is 16.8. The Bertz CT molecular complexity index is 1780. The standard InChI is InChI=1S/C37H45NO6/c1-31(2)17-23-19-15-24-20(14-21(19)28(40)27(23)32(3,4)43-31)22-13-18-9-10-36(41)26-16-25(39)30-33(5,6)44-37(26,42-30)12-11-34(36,7)35(18,8)29(22)38-24/h14-18,27-28,30,38,40-41H,9-13H2,1-8H3/t18-,27+,28+,30?,34+,35+,36+,37-/m0/s1. The van der Waals surface area contributed by atoms with Crippen molar-refractivity contribution in [1.29, 1.82) is 0 Å². The maximum atomic E-state index is 13.3. The van der Waals surface area contributed by atoms with Gasteiger partial charge in [0.25, 0.3) is 0 Å². The first-order valence-corrected chi connectivity index (χ1v) is 16.5. The minimum absolute atomic E-state index is 0.110. The topological polar surface area (TPSA) is 101 Å². The number of aliphatic hydroxyl groups is 2. The molecule has 7 heteroatoms. The predicted molar refractivity (Wildman–Crippen MR) is 166 cm³/mol. The molecule has 2 aromatic rings. The number of H-pyrrole nitrogens is 1. The normalized spacial score (nSPS) is 45.1. The van der Waals surface area contributed by atoms with Crippen molar-refractivity contribution < 1.29 is 29.2 Å². The Balaban J connectivity index is 1.19. The van der Waals surface area contributed by atoms with E-state index in [9.17, 15) is 15.0 Å². The van der Waals surface area contributed by atoms with Crippen LogP contribution in [-0.2, 0) is 30.8 Å². The van der Waals surface area contributed by atoms with E-state index in [1.807, 2.05) is 13.8 Å². The lowest BCUT2D eigenvalue weighted by molar-refractivity contribution is -0.247. The second-order valence-electron chi connectivity index (χ2n) is 17.0. The van der Waals surface area contributed by atoms with Crippen LogP contribution in [0, 0.1) is 17.3 Å². The summed E-state index contributed by atoms with van der Waals surface area (Å²) in [5.41, 5.74) is 3.61. The molecular weight excluding hydrogens is 554 g/mol. The van der Waals surface area contributed by atoms with Gasteiger partial charge in [-0.1, -0.05) is 13.8 Å². The molecule has 1 saturated heterocycles. The molecule has 3 aliphatic heterocycles. The van der Waals surface area contributed by atoms with E-state index < -0.39 is 45.8 Å².